The van der Waals surface area contributed by atoms with Gasteiger partial charge in [-0.1, -0.05) is 12.1 Å². The number of halogens is 2. The highest BCUT2D eigenvalue weighted by Crippen LogP contribution is 2.31. The molecule has 0 unspecified atom stereocenters. The number of aromatic nitrogens is 2. The van der Waals surface area contributed by atoms with E-state index in [0.29, 0.717) is 33.3 Å². The van der Waals surface area contributed by atoms with E-state index < -0.39 is 11.6 Å². The molecule has 0 fully saturated rings. The summed E-state index contributed by atoms with van der Waals surface area (Å²) in [6.45, 7) is 0. The monoisotopic (exact) mass is 482 g/mol. The molecule has 7 nitrogen and oxygen atoms in total. The normalized spacial score (nSPS) is 11.4. The van der Waals surface area contributed by atoms with E-state index in [4.69, 9.17) is 20.3 Å². The molecule has 6 aromatic rings. The van der Waals surface area contributed by atoms with E-state index >= 15 is 0 Å². The zero-order valence-corrected chi connectivity index (χ0v) is 18.5. The number of fused-ring (bicyclic) bond motifs is 2. The average Bonchev–Trinajstić information content (AvgIpc) is 3.50. The standard InChI is InChI=1S/C27H16F2N4O3/c28-23-15(3-1-5-17(23)30)26-32-19-11-13(7-9-21(19)35-26)25(34)14-8-10-22-20(12-14)33-27(36-22)16-4-2-6-18(31)24(16)29/h1-12H,30-31H2. The Morgan fingerprint density at radius 3 is 1.56 bits per heavy atom. The van der Waals surface area contributed by atoms with Gasteiger partial charge in [-0.05, 0) is 60.7 Å². The number of nitrogens with two attached hydrogens (primary N) is 2. The predicted molar refractivity (Wildman–Crippen MR) is 131 cm³/mol. The van der Waals surface area contributed by atoms with Crippen LogP contribution >= 0.6 is 0 Å². The molecule has 2 aromatic heterocycles. The van der Waals surface area contributed by atoms with Gasteiger partial charge < -0.3 is 20.3 Å². The van der Waals surface area contributed by atoms with Crippen molar-refractivity contribution < 1.29 is 22.4 Å². The second-order valence-corrected chi connectivity index (χ2v) is 8.15. The van der Waals surface area contributed by atoms with Gasteiger partial charge in [0.25, 0.3) is 0 Å². The second kappa shape index (κ2) is 8.02. The van der Waals surface area contributed by atoms with E-state index in [1.54, 1.807) is 48.5 Å². The lowest BCUT2D eigenvalue weighted by atomic mass is 10.0. The number of benzene rings is 4. The fourth-order valence-corrected chi connectivity index (χ4v) is 3.96. The Morgan fingerprint density at radius 1 is 0.667 bits per heavy atom. The minimum absolute atomic E-state index is 0.0181. The maximum Gasteiger partial charge on any atom is 0.230 e. The number of nitrogen functional groups attached to an aromatic ring is 2. The van der Waals surface area contributed by atoms with Crippen molar-refractivity contribution in [2.45, 2.75) is 0 Å². The SMILES string of the molecule is Nc1cccc(-c2nc3cc(C(=O)c4ccc5oc(-c6cccc(N)c6F)nc5c4)ccc3o2)c1F. The maximum atomic E-state index is 14.4. The molecule has 4 aromatic carbocycles. The van der Waals surface area contributed by atoms with E-state index in [0.717, 1.165) is 0 Å². The van der Waals surface area contributed by atoms with Crippen LogP contribution in [-0.2, 0) is 0 Å². The van der Waals surface area contributed by atoms with Crippen molar-refractivity contribution in [3.8, 4) is 22.9 Å². The predicted octanol–water partition coefficient (Wildman–Crippen LogP) is 5.98. The molecule has 0 bridgehead atoms. The van der Waals surface area contributed by atoms with Gasteiger partial charge in [-0.25, -0.2) is 18.7 Å². The van der Waals surface area contributed by atoms with Gasteiger partial charge in [-0.3, -0.25) is 4.79 Å². The second-order valence-electron chi connectivity index (χ2n) is 8.15. The summed E-state index contributed by atoms with van der Waals surface area (Å²) >= 11 is 0. The van der Waals surface area contributed by atoms with E-state index in [-0.39, 0.29) is 40.1 Å². The summed E-state index contributed by atoms with van der Waals surface area (Å²) in [6.07, 6.45) is 0. The van der Waals surface area contributed by atoms with Gasteiger partial charge in [0, 0.05) is 11.1 Å². The first-order chi connectivity index (χ1) is 17.4. The van der Waals surface area contributed by atoms with Crippen LogP contribution in [0.5, 0.6) is 0 Å². The summed E-state index contributed by atoms with van der Waals surface area (Å²) in [4.78, 5) is 21.9. The Kier molecular flexibility index (Phi) is 4.78. The highest BCUT2D eigenvalue weighted by atomic mass is 19.1. The molecule has 0 aliphatic heterocycles. The van der Waals surface area contributed by atoms with Gasteiger partial charge in [0.2, 0.25) is 11.8 Å². The lowest BCUT2D eigenvalue weighted by Gasteiger charge is -2.00. The Hall–Kier alpha value is -5.05. The first-order valence-electron chi connectivity index (χ1n) is 10.8. The smallest absolute Gasteiger partial charge is 0.230 e. The Bertz CT molecular complexity index is 1690. The van der Waals surface area contributed by atoms with Crippen molar-refractivity contribution in [2.24, 2.45) is 0 Å². The molecule has 0 saturated carbocycles. The van der Waals surface area contributed by atoms with Crippen LogP contribution in [0.1, 0.15) is 15.9 Å². The van der Waals surface area contributed by atoms with Gasteiger partial charge in [0.15, 0.2) is 28.6 Å². The molecule has 0 amide bonds. The molecule has 4 N–H and O–H groups in total. The summed E-state index contributed by atoms with van der Waals surface area (Å²) in [5, 5.41) is 0. The zero-order chi connectivity index (χ0) is 25.0. The van der Waals surface area contributed by atoms with Gasteiger partial charge >= 0.3 is 0 Å². The number of carbonyl (C=O) groups excluding carboxylic acids is 1. The van der Waals surface area contributed by atoms with E-state index in [1.807, 2.05) is 0 Å². The zero-order valence-electron chi connectivity index (χ0n) is 18.5. The number of hydrogen-bond acceptors (Lipinski definition) is 7. The molecular formula is C27H16F2N4O3. The average molecular weight is 482 g/mol. The number of oxazole rings is 2. The van der Waals surface area contributed by atoms with Crippen molar-refractivity contribution >= 4 is 39.4 Å². The largest absolute Gasteiger partial charge is 0.436 e. The third-order valence-corrected chi connectivity index (χ3v) is 5.82. The van der Waals surface area contributed by atoms with Crippen molar-refractivity contribution in [2.75, 3.05) is 11.5 Å². The van der Waals surface area contributed by atoms with E-state index in [9.17, 15) is 13.6 Å². The summed E-state index contributed by atoms with van der Waals surface area (Å²) in [7, 11) is 0. The quantitative estimate of drug-likeness (QED) is 0.234. The van der Waals surface area contributed by atoms with Gasteiger partial charge in [-0.15, -0.1) is 0 Å². The molecule has 2 heterocycles. The Balaban J connectivity index is 1.35. The number of hydrogen-bond donors (Lipinski definition) is 2. The van der Waals surface area contributed by atoms with Crippen LogP contribution in [-0.4, -0.2) is 15.8 Å². The topological polar surface area (TPSA) is 121 Å². The van der Waals surface area contributed by atoms with Crippen molar-refractivity contribution in [3.05, 3.63) is 95.6 Å². The number of ketones is 1. The van der Waals surface area contributed by atoms with Crippen molar-refractivity contribution in [1.82, 2.24) is 9.97 Å². The third-order valence-electron chi connectivity index (χ3n) is 5.82. The highest BCUT2D eigenvalue weighted by Gasteiger charge is 2.19. The van der Waals surface area contributed by atoms with Crippen LogP contribution in [0.3, 0.4) is 0 Å². The Morgan fingerprint density at radius 2 is 1.11 bits per heavy atom. The lowest BCUT2D eigenvalue weighted by Crippen LogP contribution is -2.00. The van der Waals surface area contributed by atoms with Gasteiger partial charge in [0.05, 0.1) is 22.5 Å². The Labute approximate surface area is 202 Å². The lowest BCUT2D eigenvalue weighted by molar-refractivity contribution is 0.103. The van der Waals surface area contributed by atoms with Gasteiger partial charge in [-0.2, -0.15) is 0 Å². The molecule has 0 aliphatic carbocycles. The van der Waals surface area contributed by atoms with Crippen molar-refractivity contribution in [3.63, 3.8) is 0 Å². The molecule has 36 heavy (non-hydrogen) atoms. The molecular weight excluding hydrogens is 466 g/mol. The molecule has 6 rings (SSSR count). The van der Waals surface area contributed by atoms with E-state index in [1.165, 1.54) is 24.3 Å². The van der Waals surface area contributed by atoms with Crippen molar-refractivity contribution in [1.29, 1.82) is 0 Å². The molecule has 9 heteroatoms. The summed E-state index contributed by atoms with van der Waals surface area (Å²) in [5.74, 6) is -1.43. The number of nitrogens with zero attached hydrogens (tertiary/aromatic N) is 2. The molecule has 0 radical (unpaired) electrons. The number of rotatable bonds is 4. The molecule has 0 saturated heterocycles. The van der Waals surface area contributed by atoms with Crippen LogP contribution in [0.15, 0.2) is 81.6 Å². The third kappa shape index (κ3) is 3.45. The maximum absolute atomic E-state index is 14.4. The van der Waals surface area contributed by atoms with Crippen LogP contribution in [0.25, 0.3) is 45.1 Å². The fraction of sp³-hybridized carbons (Fsp3) is 0. The van der Waals surface area contributed by atoms with Crippen LogP contribution in [0, 0.1) is 11.6 Å². The highest BCUT2D eigenvalue weighted by molar-refractivity contribution is 6.11. The van der Waals surface area contributed by atoms with Crippen LogP contribution in [0.4, 0.5) is 20.2 Å². The van der Waals surface area contributed by atoms with Crippen LogP contribution in [0.2, 0.25) is 0 Å². The summed E-state index contributed by atoms with van der Waals surface area (Å²) < 4.78 is 40.2. The first-order valence-corrected chi connectivity index (χ1v) is 10.8. The molecule has 0 aliphatic rings. The first kappa shape index (κ1) is 21.5. The molecule has 0 spiro atoms. The van der Waals surface area contributed by atoms with E-state index in [2.05, 4.69) is 9.97 Å². The minimum atomic E-state index is -0.626. The summed E-state index contributed by atoms with van der Waals surface area (Å²) in [6, 6.07) is 18.6. The fourth-order valence-electron chi connectivity index (χ4n) is 3.96. The minimum Gasteiger partial charge on any atom is -0.436 e. The van der Waals surface area contributed by atoms with Gasteiger partial charge in [0.1, 0.15) is 11.0 Å². The number of carbonyl (C=O) groups is 1. The van der Waals surface area contributed by atoms with Crippen LogP contribution < -0.4 is 11.5 Å². The summed E-state index contributed by atoms with van der Waals surface area (Å²) in [5.41, 5.74) is 13.8. The number of anilines is 2. The molecule has 176 valence electrons. The molecule has 0 atom stereocenters.